The maximum atomic E-state index is 12.8. The lowest BCUT2D eigenvalue weighted by Gasteiger charge is -2.40. The van der Waals surface area contributed by atoms with Crippen molar-refractivity contribution in [2.24, 2.45) is 0 Å². The number of aromatic amines is 1. The summed E-state index contributed by atoms with van der Waals surface area (Å²) in [5.74, 6) is 0.879. The third kappa shape index (κ3) is 4.47. The van der Waals surface area contributed by atoms with Crippen LogP contribution in [-0.2, 0) is 6.54 Å². The Kier molecular flexibility index (Phi) is 5.83. The molecule has 33 heavy (non-hydrogen) atoms. The number of anilines is 1. The molecule has 2 N–H and O–H groups in total. The van der Waals surface area contributed by atoms with Crippen molar-refractivity contribution in [3.05, 3.63) is 71.8 Å². The van der Waals surface area contributed by atoms with E-state index in [9.17, 15) is 4.79 Å². The summed E-state index contributed by atoms with van der Waals surface area (Å²) >= 11 is 5.93. The highest BCUT2D eigenvalue weighted by Gasteiger charge is 2.29. The number of nitrogens with one attached hydrogen (secondary N) is 2. The maximum absolute atomic E-state index is 12.8. The lowest BCUT2D eigenvalue weighted by molar-refractivity contribution is 0.171. The van der Waals surface area contributed by atoms with Gasteiger partial charge in [0.05, 0.1) is 5.39 Å². The number of piperazine rings is 1. The van der Waals surface area contributed by atoms with Crippen LogP contribution < -0.4 is 10.2 Å². The summed E-state index contributed by atoms with van der Waals surface area (Å²) in [5, 5.41) is 4.67. The minimum absolute atomic E-state index is 0.0348. The molecule has 0 radical (unpaired) electrons. The van der Waals surface area contributed by atoms with Crippen LogP contribution in [0.5, 0.6) is 0 Å². The van der Waals surface area contributed by atoms with E-state index in [0.29, 0.717) is 31.2 Å². The molecule has 0 spiro atoms. The highest BCUT2D eigenvalue weighted by Crippen LogP contribution is 2.29. The van der Waals surface area contributed by atoms with Crippen molar-refractivity contribution in [3.63, 3.8) is 0 Å². The number of benzene rings is 1. The summed E-state index contributed by atoms with van der Waals surface area (Å²) in [6, 6.07) is 13.5. The van der Waals surface area contributed by atoms with Gasteiger partial charge in [0.25, 0.3) is 0 Å². The molecule has 2 amide bonds. The van der Waals surface area contributed by atoms with Gasteiger partial charge in [-0.1, -0.05) is 23.7 Å². The molecular formula is C24H24ClN7O. The Morgan fingerprint density at radius 3 is 2.70 bits per heavy atom. The van der Waals surface area contributed by atoms with Gasteiger partial charge >= 0.3 is 6.03 Å². The molecule has 5 rings (SSSR count). The zero-order chi connectivity index (χ0) is 22.8. The van der Waals surface area contributed by atoms with Gasteiger partial charge in [0.2, 0.25) is 0 Å². The number of rotatable bonds is 4. The van der Waals surface area contributed by atoms with Gasteiger partial charge in [-0.05, 0) is 42.8 Å². The summed E-state index contributed by atoms with van der Waals surface area (Å²) < 4.78 is 0. The summed E-state index contributed by atoms with van der Waals surface area (Å²) in [6.07, 6.45) is 5.12. The number of fused-ring (bicyclic) bond motifs is 1. The molecule has 4 heterocycles. The number of pyridine rings is 1. The van der Waals surface area contributed by atoms with Crippen LogP contribution in [0.2, 0.25) is 5.02 Å². The molecule has 1 aromatic carbocycles. The molecule has 1 aliphatic rings. The molecule has 3 aromatic heterocycles. The van der Waals surface area contributed by atoms with Gasteiger partial charge in [-0.25, -0.2) is 14.8 Å². The fourth-order valence-corrected chi connectivity index (χ4v) is 4.32. The van der Waals surface area contributed by atoms with Crippen LogP contribution in [0.1, 0.15) is 12.5 Å². The summed E-state index contributed by atoms with van der Waals surface area (Å²) in [5.41, 5.74) is 3.83. The molecular weight excluding hydrogens is 438 g/mol. The maximum Gasteiger partial charge on any atom is 0.318 e. The molecule has 1 saturated heterocycles. The molecule has 1 fully saturated rings. The number of hydrogen-bond donors (Lipinski definition) is 2. The van der Waals surface area contributed by atoms with Crippen LogP contribution in [0.25, 0.3) is 22.3 Å². The average Bonchev–Trinajstić information content (AvgIpc) is 3.28. The van der Waals surface area contributed by atoms with Crippen molar-refractivity contribution >= 4 is 34.5 Å². The zero-order valence-corrected chi connectivity index (χ0v) is 19.0. The van der Waals surface area contributed by atoms with Gasteiger partial charge in [0.1, 0.15) is 17.8 Å². The van der Waals surface area contributed by atoms with E-state index in [1.54, 1.807) is 18.7 Å². The average molecular weight is 462 g/mol. The Bertz CT molecular complexity index is 1260. The van der Waals surface area contributed by atoms with Crippen LogP contribution >= 0.6 is 11.6 Å². The van der Waals surface area contributed by atoms with Crippen LogP contribution in [-0.4, -0.2) is 56.5 Å². The molecule has 0 aliphatic carbocycles. The molecule has 9 heteroatoms. The number of carbonyl (C=O) groups excluding carboxylic acids is 1. The first-order valence-electron chi connectivity index (χ1n) is 10.9. The molecule has 168 valence electrons. The quantitative estimate of drug-likeness (QED) is 0.477. The second kappa shape index (κ2) is 9.07. The number of carbonyl (C=O) groups is 1. The van der Waals surface area contributed by atoms with E-state index >= 15 is 0 Å². The standard InChI is InChI=1S/C24H24ClN7O/c1-16-14-31(10-11-32(16)24(33)27-13-17-2-4-19(25)5-3-17)23-20-12-21(18-6-8-26-9-7-18)30-22(20)28-15-29-23/h2-9,12,15-16H,10-11,13-14H2,1H3,(H,27,33)(H,28,29,30)/t16-/m0/s1. The third-order valence-electron chi connectivity index (χ3n) is 5.94. The Morgan fingerprint density at radius 2 is 1.94 bits per heavy atom. The topological polar surface area (TPSA) is 90.0 Å². The van der Waals surface area contributed by atoms with Gasteiger partial charge < -0.3 is 20.1 Å². The van der Waals surface area contributed by atoms with Crippen molar-refractivity contribution < 1.29 is 4.79 Å². The number of nitrogens with zero attached hydrogens (tertiary/aromatic N) is 5. The Labute approximate surface area is 196 Å². The van der Waals surface area contributed by atoms with E-state index < -0.39 is 0 Å². The highest BCUT2D eigenvalue weighted by molar-refractivity contribution is 6.30. The Balaban J connectivity index is 1.28. The van der Waals surface area contributed by atoms with Crippen molar-refractivity contribution in [3.8, 4) is 11.3 Å². The first kappa shape index (κ1) is 21.2. The number of hydrogen-bond acceptors (Lipinski definition) is 5. The minimum atomic E-state index is -0.0634. The molecule has 0 saturated carbocycles. The number of amides is 2. The fourth-order valence-electron chi connectivity index (χ4n) is 4.20. The largest absolute Gasteiger partial charge is 0.352 e. The SMILES string of the molecule is C[C@H]1CN(c2ncnc3[nH]c(-c4ccncc4)cc23)CCN1C(=O)NCc1ccc(Cl)cc1. The smallest absolute Gasteiger partial charge is 0.318 e. The van der Waals surface area contributed by atoms with Crippen molar-refractivity contribution in [1.29, 1.82) is 0 Å². The van der Waals surface area contributed by atoms with E-state index in [4.69, 9.17) is 11.6 Å². The van der Waals surface area contributed by atoms with Gasteiger partial charge in [0.15, 0.2) is 0 Å². The van der Waals surface area contributed by atoms with E-state index in [-0.39, 0.29) is 12.1 Å². The zero-order valence-electron chi connectivity index (χ0n) is 18.2. The molecule has 0 bridgehead atoms. The van der Waals surface area contributed by atoms with Gasteiger partial charge in [-0.2, -0.15) is 0 Å². The number of halogens is 1. The molecule has 1 aliphatic heterocycles. The van der Waals surface area contributed by atoms with Crippen molar-refractivity contribution in [2.45, 2.75) is 19.5 Å². The summed E-state index contributed by atoms with van der Waals surface area (Å²) in [6.45, 7) is 4.53. The number of H-pyrrole nitrogens is 1. The minimum Gasteiger partial charge on any atom is -0.352 e. The first-order valence-corrected chi connectivity index (χ1v) is 11.2. The van der Waals surface area contributed by atoms with Crippen LogP contribution in [0.4, 0.5) is 10.6 Å². The van der Waals surface area contributed by atoms with Crippen molar-refractivity contribution in [1.82, 2.24) is 30.2 Å². The second-order valence-electron chi connectivity index (χ2n) is 8.15. The highest BCUT2D eigenvalue weighted by atomic mass is 35.5. The van der Waals surface area contributed by atoms with Gasteiger partial charge in [0, 0.05) is 60.9 Å². The number of urea groups is 1. The summed E-state index contributed by atoms with van der Waals surface area (Å²) in [4.78, 5) is 33.4. The van der Waals surface area contributed by atoms with Gasteiger partial charge in [-0.15, -0.1) is 0 Å². The molecule has 8 nitrogen and oxygen atoms in total. The predicted molar refractivity (Wildman–Crippen MR) is 129 cm³/mol. The molecule has 4 aromatic rings. The first-order chi connectivity index (χ1) is 16.1. The predicted octanol–water partition coefficient (Wildman–Crippen LogP) is 4.09. The van der Waals surface area contributed by atoms with Crippen LogP contribution in [0, 0.1) is 0 Å². The number of aromatic nitrogens is 4. The van der Waals surface area contributed by atoms with Crippen LogP contribution in [0.15, 0.2) is 61.2 Å². The van der Waals surface area contributed by atoms with Crippen molar-refractivity contribution in [2.75, 3.05) is 24.5 Å². The Hall–Kier alpha value is -3.65. The monoisotopic (exact) mass is 461 g/mol. The third-order valence-corrected chi connectivity index (χ3v) is 6.19. The van der Waals surface area contributed by atoms with E-state index in [1.807, 2.05) is 41.3 Å². The normalized spacial score (nSPS) is 16.2. The van der Waals surface area contributed by atoms with Crippen LogP contribution in [0.3, 0.4) is 0 Å². The van der Waals surface area contributed by atoms with E-state index in [1.165, 1.54) is 0 Å². The lowest BCUT2D eigenvalue weighted by Crippen LogP contribution is -2.56. The van der Waals surface area contributed by atoms with E-state index in [0.717, 1.165) is 33.7 Å². The summed E-state index contributed by atoms with van der Waals surface area (Å²) in [7, 11) is 0. The van der Waals surface area contributed by atoms with Gasteiger partial charge in [-0.3, -0.25) is 4.98 Å². The molecule has 0 unspecified atom stereocenters. The van der Waals surface area contributed by atoms with E-state index in [2.05, 4.69) is 43.1 Å². The lowest BCUT2D eigenvalue weighted by atomic mass is 10.1. The molecule has 1 atom stereocenters. The second-order valence-corrected chi connectivity index (χ2v) is 8.59. The Morgan fingerprint density at radius 1 is 1.15 bits per heavy atom. The fraction of sp³-hybridized carbons (Fsp3) is 0.250.